The zero-order valence-electron chi connectivity index (χ0n) is 18.1. The van der Waals surface area contributed by atoms with Gasteiger partial charge in [-0.15, -0.1) is 0 Å². The molecule has 0 saturated carbocycles. The van der Waals surface area contributed by atoms with Crippen LogP contribution in [0.15, 0.2) is 65.3 Å². The normalized spacial score (nSPS) is 14.8. The quantitative estimate of drug-likeness (QED) is 0.374. The molecule has 1 atom stereocenters. The average molecular weight is 436 g/mol. The van der Waals surface area contributed by atoms with E-state index in [4.69, 9.17) is 9.72 Å². The summed E-state index contributed by atoms with van der Waals surface area (Å²) in [7, 11) is 1.66. The van der Waals surface area contributed by atoms with Gasteiger partial charge in [0.2, 0.25) is 5.91 Å². The van der Waals surface area contributed by atoms with Gasteiger partial charge in [-0.25, -0.2) is 4.98 Å². The molecule has 0 bridgehead atoms. The molecule has 0 saturated heterocycles. The smallest absolute Gasteiger partial charge is 0.233 e. The molecule has 1 aliphatic carbocycles. The van der Waals surface area contributed by atoms with Crippen LogP contribution in [0.4, 0.5) is 0 Å². The number of nitrogens with one attached hydrogen (secondary N) is 1. The van der Waals surface area contributed by atoms with Gasteiger partial charge in [0.25, 0.3) is 0 Å². The zero-order chi connectivity index (χ0) is 21.6. The summed E-state index contributed by atoms with van der Waals surface area (Å²) in [5, 5.41) is 3.67. The van der Waals surface area contributed by atoms with Gasteiger partial charge in [-0.2, -0.15) is 0 Å². The largest absolute Gasteiger partial charge is 0.497 e. The Morgan fingerprint density at radius 3 is 2.74 bits per heavy atom. The highest BCUT2D eigenvalue weighted by Gasteiger charge is 2.20. The molecule has 3 aromatic rings. The molecular formula is C25H29N3O2S. The summed E-state index contributed by atoms with van der Waals surface area (Å²) < 4.78 is 7.40. The number of aromatic nitrogens is 2. The third-order valence-corrected chi connectivity index (χ3v) is 6.69. The maximum absolute atomic E-state index is 12.7. The van der Waals surface area contributed by atoms with Crippen LogP contribution in [0.25, 0.3) is 16.7 Å². The minimum absolute atomic E-state index is 0.0507. The number of hydrogen-bond acceptors (Lipinski definition) is 4. The summed E-state index contributed by atoms with van der Waals surface area (Å²) in [5.41, 5.74) is 4.41. The minimum atomic E-state index is -0.242. The zero-order valence-corrected chi connectivity index (χ0v) is 19.0. The van der Waals surface area contributed by atoms with Crippen molar-refractivity contribution in [3.63, 3.8) is 0 Å². The predicted molar refractivity (Wildman–Crippen MR) is 127 cm³/mol. The number of hydrogen-bond donors (Lipinski definition) is 1. The number of allylic oxidation sites excluding steroid dienone is 1. The number of amides is 1. The monoisotopic (exact) mass is 435 g/mol. The number of benzene rings is 2. The number of thioether (sulfide) groups is 1. The molecule has 2 aromatic carbocycles. The van der Waals surface area contributed by atoms with Gasteiger partial charge in [-0.1, -0.05) is 35.5 Å². The molecule has 4 rings (SSSR count). The second-order valence-corrected chi connectivity index (χ2v) is 9.13. The van der Waals surface area contributed by atoms with Crippen molar-refractivity contribution in [3.8, 4) is 11.4 Å². The number of nitrogens with zero attached hydrogens (tertiary/aromatic N) is 2. The van der Waals surface area contributed by atoms with Crippen LogP contribution in [0.5, 0.6) is 5.75 Å². The summed E-state index contributed by atoms with van der Waals surface area (Å²) in [4.78, 5) is 17.5. The summed E-state index contributed by atoms with van der Waals surface area (Å²) >= 11 is 1.49. The topological polar surface area (TPSA) is 56.1 Å². The van der Waals surface area contributed by atoms with E-state index in [9.17, 15) is 4.79 Å². The Kier molecular flexibility index (Phi) is 6.97. The SMILES string of the molecule is COc1ccc(-n2c(S[C@H](C)C(=O)NCCC3=CCCCC3)nc3ccccc32)cc1. The molecule has 0 unspecified atom stereocenters. The molecule has 1 N–H and O–H groups in total. The highest BCUT2D eigenvalue weighted by Crippen LogP contribution is 2.31. The molecule has 1 amide bonds. The van der Waals surface area contributed by atoms with Crippen molar-refractivity contribution in [1.29, 1.82) is 0 Å². The summed E-state index contributed by atoms with van der Waals surface area (Å²) in [5.74, 6) is 0.859. The van der Waals surface area contributed by atoms with E-state index in [1.165, 1.54) is 43.0 Å². The number of carbonyl (C=O) groups is 1. The first kappa shape index (κ1) is 21.5. The van der Waals surface area contributed by atoms with Crippen molar-refractivity contribution in [2.24, 2.45) is 0 Å². The lowest BCUT2D eigenvalue weighted by Crippen LogP contribution is -2.32. The molecule has 1 heterocycles. The maximum atomic E-state index is 12.7. The van der Waals surface area contributed by atoms with Crippen molar-refractivity contribution in [1.82, 2.24) is 14.9 Å². The first-order valence-electron chi connectivity index (χ1n) is 10.9. The molecule has 0 spiro atoms. The molecule has 1 aromatic heterocycles. The highest BCUT2D eigenvalue weighted by molar-refractivity contribution is 8.00. The van der Waals surface area contributed by atoms with E-state index >= 15 is 0 Å². The van der Waals surface area contributed by atoms with Gasteiger partial charge in [0.05, 0.1) is 23.4 Å². The second-order valence-electron chi connectivity index (χ2n) is 7.83. The Bertz CT molecular complexity index is 1070. The third-order valence-electron chi connectivity index (χ3n) is 5.64. The lowest BCUT2D eigenvalue weighted by molar-refractivity contribution is -0.120. The molecule has 6 heteroatoms. The van der Waals surface area contributed by atoms with Gasteiger partial charge >= 0.3 is 0 Å². The lowest BCUT2D eigenvalue weighted by Gasteiger charge is -2.15. The Hall–Kier alpha value is -2.73. The molecule has 31 heavy (non-hydrogen) atoms. The highest BCUT2D eigenvalue weighted by atomic mass is 32.2. The van der Waals surface area contributed by atoms with E-state index < -0.39 is 0 Å². The first-order chi connectivity index (χ1) is 15.2. The number of methoxy groups -OCH3 is 1. The molecule has 0 radical (unpaired) electrons. The molecule has 0 fully saturated rings. The summed E-state index contributed by atoms with van der Waals surface area (Å²) in [6.07, 6.45) is 8.20. The van der Waals surface area contributed by atoms with Crippen LogP contribution in [0.3, 0.4) is 0 Å². The van der Waals surface area contributed by atoms with Crippen LogP contribution >= 0.6 is 11.8 Å². The Balaban J connectivity index is 1.49. The number of para-hydroxylation sites is 2. The maximum Gasteiger partial charge on any atom is 0.233 e. The van der Waals surface area contributed by atoms with E-state index in [-0.39, 0.29) is 11.2 Å². The minimum Gasteiger partial charge on any atom is -0.497 e. The fourth-order valence-electron chi connectivity index (χ4n) is 3.90. The van der Waals surface area contributed by atoms with Gasteiger partial charge in [0, 0.05) is 12.2 Å². The fourth-order valence-corrected chi connectivity index (χ4v) is 4.86. The van der Waals surface area contributed by atoms with Crippen LogP contribution < -0.4 is 10.1 Å². The van der Waals surface area contributed by atoms with Gasteiger partial charge < -0.3 is 10.1 Å². The number of rotatable bonds is 8. The van der Waals surface area contributed by atoms with Gasteiger partial charge in [-0.3, -0.25) is 9.36 Å². The van der Waals surface area contributed by atoms with E-state index in [0.29, 0.717) is 6.54 Å². The Labute approximate surface area is 187 Å². The van der Waals surface area contributed by atoms with Crippen LogP contribution in [0, 0.1) is 0 Å². The Morgan fingerprint density at radius 2 is 2.00 bits per heavy atom. The molecular weight excluding hydrogens is 406 g/mol. The molecule has 0 aliphatic heterocycles. The third kappa shape index (κ3) is 5.13. The fraction of sp³-hybridized carbons (Fsp3) is 0.360. The van der Waals surface area contributed by atoms with E-state index in [1.807, 2.05) is 49.4 Å². The van der Waals surface area contributed by atoms with Crippen molar-refractivity contribution in [2.45, 2.75) is 49.4 Å². The van der Waals surface area contributed by atoms with E-state index in [2.05, 4.69) is 22.0 Å². The lowest BCUT2D eigenvalue weighted by atomic mass is 9.97. The molecule has 1 aliphatic rings. The van der Waals surface area contributed by atoms with Crippen LogP contribution in [-0.4, -0.2) is 34.4 Å². The average Bonchev–Trinajstić information content (AvgIpc) is 3.17. The first-order valence-corrected chi connectivity index (χ1v) is 11.8. The van der Waals surface area contributed by atoms with Gasteiger partial charge in [0.1, 0.15) is 5.75 Å². The van der Waals surface area contributed by atoms with E-state index in [0.717, 1.165) is 34.0 Å². The van der Waals surface area contributed by atoms with E-state index in [1.54, 1.807) is 7.11 Å². The van der Waals surface area contributed by atoms with Crippen molar-refractivity contribution in [3.05, 3.63) is 60.2 Å². The number of carbonyl (C=O) groups excluding carboxylic acids is 1. The van der Waals surface area contributed by atoms with Gasteiger partial charge in [0.15, 0.2) is 5.16 Å². The predicted octanol–water partition coefficient (Wildman–Crippen LogP) is 5.52. The molecule has 162 valence electrons. The Morgan fingerprint density at radius 1 is 1.19 bits per heavy atom. The van der Waals surface area contributed by atoms with Gasteiger partial charge in [-0.05, 0) is 75.4 Å². The van der Waals surface area contributed by atoms with Crippen LogP contribution in [0.2, 0.25) is 0 Å². The molecule has 5 nitrogen and oxygen atoms in total. The van der Waals surface area contributed by atoms with Crippen LogP contribution in [0.1, 0.15) is 39.0 Å². The van der Waals surface area contributed by atoms with Crippen molar-refractivity contribution >= 4 is 28.7 Å². The van der Waals surface area contributed by atoms with Crippen molar-refractivity contribution < 1.29 is 9.53 Å². The number of imidazole rings is 1. The standard InChI is InChI=1S/C25H29N3O2S/c1-18(24(29)26-17-16-19-8-4-3-5-9-19)31-25-27-22-10-6-7-11-23(22)28(25)20-12-14-21(30-2)15-13-20/h6-8,10-15,18H,3-5,9,16-17H2,1-2H3,(H,26,29)/t18-/m1/s1. The summed E-state index contributed by atoms with van der Waals surface area (Å²) in [6, 6.07) is 16.0. The van der Waals surface area contributed by atoms with Crippen molar-refractivity contribution in [2.75, 3.05) is 13.7 Å². The summed E-state index contributed by atoms with van der Waals surface area (Å²) in [6.45, 7) is 2.64. The van der Waals surface area contributed by atoms with Crippen LogP contribution in [-0.2, 0) is 4.79 Å². The second kappa shape index (κ2) is 10.1. The number of ether oxygens (including phenoxy) is 1. The number of fused-ring (bicyclic) bond motifs is 1.